The monoisotopic (exact) mass is 173 g/mol. The second-order valence-corrected chi connectivity index (χ2v) is 2.38. The zero-order chi connectivity index (χ0) is 9.14. The van der Waals surface area contributed by atoms with Crippen LogP contribution in [0.4, 0.5) is 8.78 Å². The number of methoxy groups -OCH3 is 1. The van der Waals surface area contributed by atoms with Crippen molar-refractivity contribution in [2.24, 2.45) is 0 Å². The van der Waals surface area contributed by atoms with Gasteiger partial charge in [-0.1, -0.05) is 0 Å². The Kier molecular flexibility index (Phi) is 2.58. The molecule has 0 aliphatic rings. The zero-order valence-electron chi connectivity index (χ0n) is 6.84. The molecular formula is C8H9F2NO. The maximum Gasteiger partial charge on any atom is 0.264 e. The van der Waals surface area contributed by atoms with Crippen LogP contribution in [0.3, 0.4) is 0 Å². The van der Waals surface area contributed by atoms with Gasteiger partial charge >= 0.3 is 0 Å². The minimum Gasteiger partial charge on any atom is -0.481 e. The normalized spacial score (nSPS) is 10.4. The number of pyridine rings is 1. The highest BCUT2D eigenvalue weighted by atomic mass is 19.3. The fourth-order valence-electron chi connectivity index (χ4n) is 0.894. The highest BCUT2D eigenvalue weighted by Gasteiger charge is 2.09. The second-order valence-electron chi connectivity index (χ2n) is 2.38. The Morgan fingerprint density at radius 1 is 1.42 bits per heavy atom. The SMILES string of the molecule is COc1cc(C(F)F)cc(C)n1. The highest BCUT2D eigenvalue weighted by Crippen LogP contribution is 2.22. The van der Waals surface area contributed by atoms with Gasteiger partial charge in [0.25, 0.3) is 6.43 Å². The van der Waals surface area contributed by atoms with Crippen molar-refractivity contribution >= 4 is 0 Å². The van der Waals surface area contributed by atoms with Gasteiger partial charge in [-0.05, 0) is 13.0 Å². The smallest absolute Gasteiger partial charge is 0.264 e. The standard InChI is InChI=1S/C8H9F2NO/c1-5-3-6(8(9)10)4-7(11-5)12-2/h3-4,8H,1-2H3. The van der Waals surface area contributed by atoms with Gasteiger partial charge in [0.1, 0.15) is 0 Å². The molecule has 0 saturated carbocycles. The average molecular weight is 173 g/mol. The van der Waals surface area contributed by atoms with Gasteiger partial charge in [-0.25, -0.2) is 13.8 Å². The van der Waals surface area contributed by atoms with Crippen molar-refractivity contribution in [3.05, 3.63) is 23.4 Å². The summed E-state index contributed by atoms with van der Waals surface area (Å²) >= 11 is 0. The van der Waals surface area contributed by atoms with E-state index in [1.165, 1.54) is 19.2 Å². The molecule has 1 aromatic rings. The topological polar surface area (TPSA) is 22.1 Å². The molecular weight excluding hydrogens is 164 g/mol. The van der Waals surface area contributed by atoms with Crippen LogP contribution in [0.25, 0.3) is 0 Å². The summed E-state index contributed by atoms with van der Waals surface area (Å²) in [5, 5.41) is 0. The third kappa shape index (κ3) is 1.90. The summed E-state index contributed by atoms with van der Waals surface area (Å²) in [5.74, 6) is 0.227. The van der Waals surface area contributed by atoms with Crippen molar-refractivity contribution in [3.63, 3.8) is 0 Å². The lowest BCUT2D eigenvalue weighted by Gasteiger charge is -2.03. The van der Waals surface area contributed by atoms with Crippen LogP contribution in [-0.2, 0) is 0 Å². The number of aromatic nitrogens is 1. The molecule has 1 heterocycles. The van der Waals surface area contributed by atoms with Crippen LogP contribution in [0.15, 0.2) is 12.1 Å². The molecule has 0 aliphatic heterocycles. The molecule has 0 aliphatic carbocycles. The van der Waals surface area contributed by atoms with E-state index in [2.05, 4.69) is 4.98 Å². The Balaban J connectivity index is 3.06. The fraction of sp³-hybridized carbons (Fsp3) is 0.375. The predicted octanol–water partition coefficient (Wildman–Crippen LogP) is 2.34. The molecule has 0 fully saturated rings. The first-order valence-corrected chi connectivity index (χ1v) is 3.44. The summed E-state index contributed by atoms with van der Waals surface area (Å²) in [7, 11) is 1.40. The van der Waals surface area contributed by atoms with Gasteiger partial charge in [0.05, 0.1) is 7.11 Å². The summed E-state index contributed by atoms with van der Waals surface area (Å²) in [4.78, 5) is 3.88. The molecule has 12 heavy (non-hydrogen) atoms. The first kappa shape index (κ1) is 8.90. The van der Waals surface area contributed by atoms with Crippen molar-refractivity contribution < 1.29 is 13.5 Å². The molecule has 1 rings (SSSR count). The van der Waals surface area contributed by atoms with Crippen LogP contribution < -0.4 is 4.74 Å². The van der Waals surface area contributed by atoms with Gasteiger partial charge in [0.2, 0.25) is 5.88 Å². The Morgan fingerprint density at radius 3 is 2.58 bits per heavy atom. The maximum absolute atomic E-state index is 12.2. The average Bonchev–Trinajstić information content (AvgIpc) is 2.03. The van der Waals surface area contributed by atoms with Gasteiger partial charge in [0.15, 0.2) is 0 Å². The molecule has 4 heteroatoms. The number of halogens is 2. The van der Waals surface area contributed by atoms with Crippen LogP contribution in [0, 0.1) is 6.92 Å². The number of aryl methyl sites for hydroxylation is 1. The first-order valence-electron chi connectivity index (χ1n) is 3.44. The number of nitrogens with zero attached hydrogens (tertiary/aromatic N) is 1. The highest BCUT2D eigenvalue weighted by molar-refractivity contribution is 5.25. The first-order chi connectivity index (χ1) is 5.63. The van der Waals surface area contributed by atoms with E-state index in [1.54, 1.807) is 6.92 Å². The quantitative estimate of drug-likeness (QED) is 0.684. The van der Waals surface area contributed by atoms with Crippen LogP contribution in [0.2, 0.25) is 0 Å². The molecule has 0 radical (unpaired) electrons. The maximum atomic E-state index is 12.2. The van der Waals surface area contributed by atoms with Crippen molar-refractivity contribution in [3.8, 4) is 5.88 Å². The fourth-order valence-corrected chi connectivity index (χ4v) is 0.894. The van der Waals surface area contributed by atoms with Crippen LogP contribution in [-0.4, -0.2) is 12.1 Å². The molecule has 0 spiro atoms. The van der Waals surface area contributed by atoms with E-state index in [0.29, 0.717) is 5.69 Å². The zero-order valence-corrected chi connectivity index (χ0v) is 6.84. The van der Waals surface area contributed by atoms with E-state index in [4.69, 9.17) is 4.74 Å². The Morgan fingerprint density at radius 2 is 2.08 bits per heavy atom. The Labute approximate surface area is 69.2 Å². The summed E-state index contributed by atoms with van der Waals surface area (Å²) in [6.45, 7) is 1.65. The third-order valence-corrected chi connectivity index (χ3v) is 1.41. The molecule has 0 bridgehead atoms. The molecule has 66 valence electrons. The molecule has 1 aromatic heterocycles. The van der Waals surface area contributed by atoms with Crippen molar-refractivity contribution in [2.45, 2.75) is 13.3 Å². The van der Waals surface area contributed by atoms with Gasteiger partial charge < -0.3 is 4.74 Å². The molecule has 0 saturated heterocycles. The number of ether oxygens (including phenoxy) is 1. The largest absolute Gasteiger partial charge is 0.481 e. The lowest BCUT2D eigenvalue weighted by atomic mass is 10.2. The molecule has 0 aromatic carbocycles. The third-order valence-electron chi connectivity index (χ3n) is 1.41. The van der Waals surface area contributed by atoms with Gasteiger partial charge in [-0.2, -0.15) is 0 Å². The number of rotatable bonds is 2. The lowest BCUT2D eigenvalue weighted by Crippen LogP contribution is -1.93. The molecule has 0 N–H and O–H groups in total. The van der Waals surface area contributed by atoms with E-state index in [0.717, 1.165) is 0 Å². The van der Waals surface area contributed by atoms with Crippen LogP contribution in [0.5, 0.6) is 5.88 Å². The number of hydrogen-bond acceptors (Lipinski definition) is 2. The summed E-state index contributed by atoms with van der Waals surface area (Å²) in [6, 6.07) is 2.57. The van der Waals surface area contributed by atoms with E-state index >= 15 is 0 Å². The van der Waals surface area contributed by atoms with Crippen LogP contribution >= 0.6 is 0 Å². The number of hydrogen-bond donors (Lipinski definition) is 0. The predicted molar refractivity (Wildman–Crippen MR) is 40.5 cm³/mol. The molecule has 2 nitrogen and oxygen atoms in total. The van der Waals surface area contributed by atoms with E-state index < -0.39 is 6.43 Å². The van der Waals surface area contributed by atoms with Gasteiger partial charge in [0, 0.05) is 17.3 Å². The van der Waals surface area contributed by atoms with Gasteiger partial charge in [-0.15, -0.1) is 0 Å². The summed E-state index contributed by atoms with van der Waals surface area (Å²) < 4.78 is 29.1. The van der Waals surface area contributed by atoms with Crippen LogP contribution in [0.1, 0.15) is 17.7 Å². The summed E-state index contributed by atoms with van der Waals surface area (Å²) in [6.07, 6.45) is -2.47. The van der Waals surface area contributed by atoms with Crippen molar-refractivity contribution in [1.82, 2.24) is 4.98 Å². The minimum atomic E-state index is -2.47. The van der Waals surface area contributed by atoms with Crippen molar-refractivity contribution in [1.29, 1.82) is 0 Å². The van der Waals surface area contributed by atoms with E-state index in [-0.39, 0.29) is 11.4 Å². The molecule has 0 atom stereocenters. The second kappa shape index (κ2) is 3.47. The minimum absolute atomic E-state index is 0.0562. The van der Waals surface area contributed by atoms with Gasteiger partial charge in [-0.3, -0.25) is 0 Å². The molecule has 0 amide bonds. The van der Waals surface area contributed by atoms with E-state index in [1.807, 2.05) is 0 Å². The van der Waals surface area contributed by atoms with Crippen molar-refractivity contribution in [2.75, 3.05) is 7.11 Å². The lowest BCUT2D eigenvalue weighted by molar-refractivity contribution is 0.150. The number of alkyl halides is 2. The van der Waals surface area contributed by atoms with E-state index in [9.17, 15) is 8.78 Å². The molecule has 0 unspecified atom stereocenters. The Hall–Kier alpha value is -1.19. The Bertz CT molecular complexity index is 276. The summed E-state index contributed by atoms with van der Waals surface area (Å²) in [5.41, 5.74) is 0.476.